The van der Waals surface area contributed by atoms with E-state index in [0.29, 0.717) is 6.04 Å². The first kappa shape index (κ1) is 13.5. The summed E-state index contributed by atoms with van der Waals surface area (Å²) in [6.45, 7) is 4.00. The summed E-state index contributed by atoms with van der Waals surface area (Å²) >= 11 is 1.78. The molecule has 98 valence electrons. The first-order valence-electron chi connectivity index (χ1n) is 6.86. The Labute approximate surface area is 115 Å². The molecule has 0 heterocycles. The van der Waals surface area contributed by atoms with Crippen LogP contribution in [-0.2, 0) is 0 Å². The number of benzene rings is 1. The van der Waals surface area contributed by atoms with E-state index >= 15 is 0 Å². The fraction of sp³-hybridized carbons (Fsp3) is 0.500. The lowest BCUT2D eigenvalue weighted by molar-refractivity contribution is 0.343. The molecule has 1 nitrogen and oxygen atoms in total. The lowest BCUT2D eigenvalue weighted by Gasteiger charge is -2.29. The molecule has 0 bridgehead atoms. The van der Waals surface area contributed by atoms with E-state index in [1.807, 2.05) is 0 Å². The molecule has 1 atom stereocenters. The average molecular weight is 261 g/mol. The van der Waals surface area contributed by atoms with Gasteiger partial charge in [0.05, 0.1) is 0 Å². The zero-order chi connectivity index (χ0) is 12.8. The fourth-order valence-corrected chi connectivity index (χ4v) is 3.15. The Morgan fingerprint density at radius 3 is 2.44 bits per heavy atom. The summed E-state index contributed by atoms with van der Waals surface area (Å²) in [7, 11) is 0. The fourth-order valence-electron chi connectivity index (χ4n) is 2.74. The van der Waals surface area contributed by atoms with Gasteiger partial charge in [0.25, 0.3) is 0 Å². The van der Waals surface area contributed by atoms with Gasteiger partial charge < -0.3 is 5.32 Å². The third-order valence-corrected chi connectivity index (χ3v) is 4.58. The number of hydrogen-bond donors (Lipinski definition) is 1. The van der Waals surface area contributed by atoms with Gasteiger partial charge >= 0.3 is 0 Å². The minimum absolute atomic E-state index is 0.422. The molecule has 1 aliphatic rings. The van der Waals surface area contributed by atoms with Gasteiger partial charge in [-0.1, -0.05) is 25.3 Å². The highest BCUT2D eigenvalue weighted by atomic mass is 32.2. The van der Waals surface area contributed by atoms with Gasteiger partial charge in [-0.25, -0.2) is 0 Å². The quantitative estimate of drug-likeness (QED) is 0.594. The Morgan fingerprint density at radius 2 is 1.89 bits per heavy atom. The van der Waals surface area contributed by atoms with Crippen molar-refractivity contribution in [1.29, 1.82) is 0 Å². The van der Waals surface area contributed by atoms with Crippen molar-refractivity contribution in [1.82, 2.24) is 0 Å². The molecule has 2 rings (SSSR count). The number of thioether (sulfide) groups is 1. The van der Waals surface area contributed by atoms with Crippen molar-refractivity contribution in [3.8, 4) is 0 Å². The van der Waals surface area contributed by atoms with Gasteiger partial charge in [0.15, 0.2) is 0 Å². The molecule has 0 spiro atoms. The molecule has 18 heavy (non-hydrogen) atoms. The van der Waals surface area contributed by atoms with Crippen LogP contribution in [-0.4, -0.2) is 12.3 Å². The van der Waals surface area contributed by atoms with Gasteiger partial charge in [-0.2, -0.15) is 0 Å². The highest BCUT2D eigenvalue weighted by Gasteiger charge is 2.20. The monoisotopic (exact) mass is 261 g/mol. The maximum Gasteiger partial charge on any atom is 0.0470 e. The van der Waals surface area contributed by atoms with Crippen LogP contribution in [0.2, 0.25) is 0 Å². The molecule has 0 amide bonds. The summed E-state index contributed by atoms with van der Waals surface area (Å²) in [5.41, 5.74) is 1.21. The Hall–Kier alpha value is -0.890. The zero-order valence-electron chi connectivity index (χ0n) is 11.2. The molecule has 0 radical (unpaired) electrons. The standard InChI is InChI=1S/C16H23NS/c1-3-16(13-7-5-4-6-8-13)17-14-9-11-15(18-2)12-10-14/h3,9-13,16-17H,1,4-8H2,2H3/t16-/m1/s1. The SMILES string of the molecule is C=C[C@@H](Nc1ccc(SC)cc1)C1CCCCC1. The van der Waals surface area contributed by atoms with Crippen LogP contribution in [0.1, 0.15) is 32.1 Å². The second-order valence-electron chi connectivity index (χ2n) is 5.03. The largest absolute Gasteiger partial charge is 0.379 e. The van der Waals surface area contributed by atoms with Crippen LogP contribution in [0.4, 0.5) is 5.69 Å². The number of rotatable bonds is 5. The lowest BCUT2D eigenvalue weighted by Crippen LogP contribution is -2.28. The third kappa shape index (κ3) is 3.55. The van der Waals surface area contributed by atoms with Crippen molar-refractivity contribution in [2.45, 2.75) is 43.0 Å². The van der Waals surface area contributed by atoms with E-state index < -0.39 is 0 Å². The van der Waals surface area contributed by atoms with Crippen molar-refractivity contribution in [2.24, 2.45) is 5.92 Å². The predicted octanol–water partition coefficient (Wildman–Crippen LogP) is 4.96. The smallest absolute Gasteiger partial charge is 0.0470 e. The van der Waals surface area contributed by atoms with Gasteiger partial charge in [0, 0.05) is 16.6 Å². The molecule has 1 aromatic rings. The Bertz CT molecular complexity index is 365. The van der Waals surface area contributed by atoms with Gasteiger partial charge in [-0.3, -0.25) is 0 Å². The summed E-state index contributed by atoms with van der Waals surface area (Å²) < 4.78 is 0. The molecule has 0 saturated heterocycles. The summed E-state index contributed by atoms with van der Waals surface area (Å²) in [5.74, 6) is 0.761. The van der Waals surface area contributed by atoms with Gasteiger partial charge in [-0.15, -0.1) is 18.3 Å². The van der Waals surface area contributed by atoms with Crippen molar-refractivity contribution in [2.75, 3.05) is 11.6 Å². The minimum Gasteiger partial charge on any atom is -0.379 e. The molecule has 0 unspecified atom stereocenters. The topological polar surface area (TPSA) is 12.0 Å². The summed E-state index contributed by atoms with van der Waals surface area (Å²) in [6.07, 6.45) is 11.0. The first-order valence-corrected chi connectivity index (χ1v) is 8.09. The van der Waals surface area contributed by atoms with E-state index in [0.717, 1.165) is 5.92 Å². The summed E-state index contributed by atoms with van der Waals surface area (Å²) in [6, 6.07) is 9.11. The molecule has 1 aliphatic carbocycles. The van der Waals surface area contributed by atoms with Crippen molar-refractivity contribution >= 4 is 17.4 Å². The summed E-state index contributed by atoms with van der Waals surface area (Å²) in [4.78, 5) is 1.31. The summed E-state index contributed by atoms with van der Waals surface area (Å²) in [5, 5.41) is 3.62. The zero-order valence-corrected chi connectivity index (χ0v) is 12.0. The van der Waals surface area contributed by atoms with Crippen molar-refractivity contribution in [3.63, 3.8) is 0 Å². The van der Waals surface area contributed by atoms with Crippen LogP contribution in [0.5, 0.6) is 0 Å². The second-order valence-corrected chi connectivity index (χ2v) is 5.91. The number of anilines is 1. The van der Waals surface area contributed by atoms with Gasteiger partial charge in [0.2, 0.25) is 0 Å². The van der Waals surface area contributed by atoms with Crippen molar-refractivity contribution < 1.29 is 0 Å². The molecule has 2 heteroatoms. The molecule has 1 aromatic carbocycles. The Morgan fingerprint density at radius 1 is 1.22 bits per heavy atom. The van der Waals surface area contributed by atoms with E-state index in [2.05, 4.69) is 48.5 Å². The first-order chi connectivity index (χ1) is 8.83. The Kier molecular flexibility index (Phi) is 5.18. The number of nitrogens with one attached hydrogen (secondary N) is 1. The lowest BCUT2D eigenvalue weighted by atomic mass is 9.84. The molecule has 1 N–H and O–H groups in total. The predicted molar refractivity (Wildman–Crippen MR) is 82.4 cm³/mol. The van der Waals surface area contributed by atoms with E-state index in [1.165, 1.54) is 42.7 Å². The van der Waals surface area contributed by atoms with Crippen molar-refractivity contribution in [3.05, 3.63) is 36.9 Å². The maximum absolute atomic E-state index is 4.00. The van der Waals surface area contributed by atoms with E-state index in [-0.39, 0.29) is 0 Å². The molecular formula is C16H23NS. The normalized spacial score (nSPS) is 18.3. The molecule has 0 aliphatic heterocycles. The highest BCUT2D eigenvalue weighted by Crippen LogP contribution is 2.29. The van der Waals surface area contributed by atoms with Crippen LogP contribution >= 0.6 is 11.8 Å². The van der Waals surface area contributed by atoms with Gasteiger partial charge in [0.1, 0.15) is 0 Å². The molecule has 1 fully saturated rings. The van der Waals surface area contributed by atoms with Crippen LogP contribution in [0.25, 0.3) is 0 Å². The van der Waals surface area contributed by atoms with E-state index in [1.54, 1.807) is 11.8 Å². The van der Waals surface area contributed by atoms with E-state index in [4.69, 9.17) is 0 Å². The van der Waals surface area contributed by atoms with E-state index in [9.17, 15) is 0 Å². The average Bonchev–Trinajstić information content (AvgIpc) is 2.46. The van der Waals surface area contributed by atoms with Crippen LogP contribution < -0.4 is 5.32 Å². The van der Waals surface area contributed by atoms with Gasteiger partial charge in [-0.05, 0) is 49.3 Å². The maximum atomic E-state index is 4.00. The highest BCUT2D eigenvalue weighted by molar-refractivity contribution is 7.98. The molecule has 1 saturated carbocycles. The molecule has 0 aromatic heterocycles. The van der Waals surface area contributed by atoms with Crippen LogP contribution in [0, 0.1) is 5.92 Å². The van der Waals surface area contributed by atoms with Crippen LogP contribution in [0.15, 0.2) is 41.8 Å². The number of hydrogen-bond acceptors (Lipinski definition) is 2. The van der Waals surface area contributed by atoms with Crippen LogP contribution in [0.3, 0.4) is 0 Å². The third-order valence-electron chi connectivity index (χ3n) is 3.83. The molecular weight excluding hydrogens is 238 g/mol. The minimum atomic E-state index is 0.422. The second kappa shape index (κ2) is 6.89. The Balaban J connectivity index is 1.97.